The van der Waals surface area contributed by atoms with Crippen LogP contribution in [0.25, 0.3) is 0 Å². The van der Waals surface area contributed by atoms with Crippen molar-refractivity contribution in [1.82, 2.24) is 4.90 Å². The highest BCUT2D eigenvalue weighted by molar-refractivity contribution is 5.96. The topological polar surface area (TPSA) is 46.6 Å². The van der Waals surface area contributed by atoms with E-state index in [1.165, 1.54) is 17.2 Å². The Hall–Kier alpha value is -2.88. The average molecular weight is 392 g/mol. The van der Waals surface area contributed by atoms with Gasteiger partial charge in [0.05, 0.1) is 5.56 Å². The minimum atomic E-state index is -0.419. The van der Waals surface area contributed by atoms with E-state index >= 15 is 0 Å². The van der Waals surface area contributed by atoms with Gasteiger partial charge in [-0.05, 0) is 47.2 Å². The van der Waals surface area contributed by atoms with Crippen LogP contribution in [-0.2, 0) is 4.74 Å². The lowest BCUT2D eigenvalue weighted by Crippen LogP contribution is -2.48. The molecule has 1 amide bonds. The van der Waals surface area contributed by atoms with Gasteiger partial charge in [0.2, 0.25) is 0 Å². The Morgan fingerprint density at radius 2 is 1.52 bits per heavy atom. The summed E-state index contributed by atoms with van der Waals surface area (Å²) in [5, 5.41) is 0. The van der Waals surface area contributed by atoms with Gasteiger partial charge in [0.25, 0.3) is 5.91 Å². The Morgan fingerprint density at radius 1 is 0.966 bits per heavy atom. The predicted molar refractivity (Wildman–Crippen MR) is 115 cm³/mol. The van der Waals surface area contributed by atoms with Gasteiger partial charge < -0.3 is 9.64 Å². The van der Waals surface area contributed by atoms with Crippen LogP contribution >= 0.6 is 0 Å². The number of benzene rings is 2. The number of carbonyl (C=O) groups is 2. The first kappa shape index (κ1) is 20.8. The maximum atomic E-state index is 13.2. The molecule has 152 valence electrons. The van der Waals surface area contributed by atoms with Gasteiger partial charge >= 0.3 is 5.97 Å². The molecule has 0 spiro atoms. The molecule has 2 aromatic rings. The van der Waals surface area contributed by atoms with E-state index in [-0.39, 0.29) is 24.5 Å². The van der Waals surface area contributed by atoms with E-state index in [4.69, 9.17) is 4.74 Å². The molecular formula is C25H29NO3. The zero-order chi connectivity index (χ0) is 21.1. The van der Waals surface area contributed by atoms with Gasteiger partial charge in [-0.1, -0.05) is 57.7 Å². The van der Waals surface area contributed by atoms with Gasteiger partial charge in [-0.3, -0.25) is 4.79 Å². The van der Waals surface area contributed by atoms with Crippen molar-refractivity contribution in [2.75, 3.05) is 13.7 Å². The van der Waals surface area contributed by atoms with Crippen molar-refractivity contribution >= 4 is 11.9 Å². The summed E-state index contributed by atoms with van der Waals surface area (Å²) in [5.41, 5.74) is 3.70. The average Bonchev–Trinajstić information content (AvgIpc) is 2.75. The van der Waals surface area contributed by atoms with Gasteiger partial charge in [0.15, 0.2) is 0 Å². The molecule has 3 rings (SSSR count). The van der Waals surface area contributed by atoms with Crippen LogP contribution in [0.5, 0.6) is 0 Å². The fourth-order valence-corrected chi connectivity index (χ4v) is 4.55. The summed E-state index contributed by atoms with van der Waals surface area (Å²) in [6.07, 6.45) is 1.52. The fourth-order valence-electron chi connectivity index (χ4n) is 4.55. The van der Waals surface area contributed by atoms with Crippen LogP contribution in [0.3, 0.4) is 0 Å². The van der Waals surface area contributed by atoms with Crippen LogP contribution < -0.4 is 0 Å². The lowest BCUT2D eigenvalue weighted by atomic mass is 9.68. The zero-order valence-corrected chi connectivity index (χ0v) is 17.6. The standard InChI is InChI=1S/C25H29NO3/c1-6-15-29-25(28)20-13-11-19(12-14-20)24(27)26(5)23-17(3)16(2)21-9-7-8-10-22(21)18(23)4/h6-14,16-18,23H,1,15H2,2-5H3. The van der Waals surface area contributed by atoms with E-state index in [1.54, 1.807) is 24.3 Å². The number of amides is 1. The lowest BCUT2D eigenvalue weighted by molar-refractivity contribution is 0.0547. The molecule has 0 aromatic heterocycles. The van der Waals surface area contributed by atoms with Crippen molar-refractivity contribution in [3.05, 3.63) is 83.4 Å². The summed E-state index contributed by atoms with van der Waals surface area (Å²) < 4.78 is 5.04. The third-order valence-corrected chi connectivity index (χ3v) is 6.28. The first-order chi connectivity index (χ1) is 13.9. The van der Waals surface area contributed by atoms with Gasteiger partial charge in [-0.2, -0.15) is 0 Å². The third kappa shape index (κ3) is 3.98. The SMILES string of the molecule is C=CCOC(=O)c1ccc(C(=O)N(C)C2C(C)c3ccccc3C(C)C2C)cc1. The number of rotatable bonds is 5. The number of ether oxygens (including phenoxy) is 1. The first-order valence-electron chi connectivity index (χ1n) is 10.1. The highest BCUT2D eigenvalue weighted by atomic mass is 16.5. The van der Waals surface area contributed by atoms with Crippen LogP contribution in [0, 0.1) is 5.92 Å². The summed E-state index contributed by atoms with van der Waals surface area (Å²) in [6.45, 7) is 10.4. The lowest BCUT2D eigenvalue weighted by Gasteiger charge is -2.45. The van der Waals surface area contributed by atoms with E-state index < -0.39 is 5.97 Å². The molecule has 4 nitrogen and oxygen atoms in total. The molecule has 0 aliphatic heterocycles. The van der Waals surface area contributed by atoms with Crippen molar-refractivity contribution in [3.8, 4) is 0 Å². The molecule has 0 radical (unpaired) electrons. The molecule has 0 fully saturated rings. The van der Waals surface area contributed by atoms with Crippen molar-refractivity contribution in [3.63, 3.8) is 0 Å². The van der Waals surface area contributed by atoms with Crippen LogP contribution in [0.2, 0.25) is 0 Å². The van der Waals surface area contributed by atoms with Gasteiger partial charge in [0.1, 0.15) is 6.61 Å². The summed E-state index contributed by atoms with van der Waals surface area (Å²) in [6, 6.07) is 15.3. The number of nitrogens with zero attached hydrogens (tertiary/aromatic N) is 1. The number of hydrogen-bond donors (Lipinski definition) is 0. The highest BCUT2D eigenvalue weighted by Gasteiger charge is 2.39. The monoisotopic (exact) mass is 391 g/mol. The molecule has 29 heavy (non-hydrogen) atoms. The summed E-state index contributed by atoms with van der Waals surface area (Å²) in [7, 11) is 1.88. The predicted octanol–water partition coefficient (Wildman–Crippen LogP) is 5.03. The maximum Gasteiger partial charge on any atom is 0.338 e. The summed E-state index contributed by atoms with van der Waals surface area (Å²) >= 11 is 0. The van der Waals surface area contributed by atoms with Crippen LogP contribution in [0.15, 0.2) is 61.2 Å². The minimum Gasteiger partial charge on any atom is -0.458 e. The quantitative estimate of drug-likeness (QED) is 0.531. The van der Waals surface area contributed by atoms with E-state index in [0.717, 1.165) is 0 Å². The summed E-state index contributed by atoms with van der Waals surface area (Å²) in [5.74, 6) is 0.509. The van der Waals surface area contributed by atoms with Crippen LogP contribution in [0.4, 0.5) is 0 Å². The van der Waals surface area contributed by atoms with Gasteiger partial charge in [-0.15, -0.1) is 0 Å². The molecular weight excluding hydrogens is 362 g/mol. The molecule has 4 unspecified atom stereocenters. The molecule has 4 heteroatoms. The molecule has 0 saturated heterocycles. The Kier molecular flexibility index (Phi) is 6.21. The Bertz CT molecular complexity index is 903. The normalized spacial score (nSPS) is 23.0. The number of hydrogen-bond acceptors (Lipinski definition) is 3. The van der Waals surface area contributed by atoms with E-state index in [0.29, 0.717) is 23.0 Å². The molecule has 4 atom stereocenters. The number of likely N-dealkylation sites (N-methyl/N-ethyl adjacent to an activating group) is 1. The largest absolute Gasteiger partial charge is 0.458 e. The molecule has 2 aromatic carbocycles. The van der Waals surface area contributed by atoms with E-state index in [1.807, 2.05) is 11.9 Å². The highest BCUT2D eigenvalue weighted by Crippen LogP contribution is 2.44. The van der Waals surface area contributed by atoms with Gasteiger partial charge in [-0.25, -0.2) is 4.79 Å². The van der Waals surface area contributed by atoms with Crippen LogP contribution in [-0.4, -0.2) is 36.5 Å². The fraction of sp³-hybridized carbons (Fsp3) is 0.360. The number of carbonyl (C=O) groups excluding carboxylic acids is 2. The smallest absolute Gasteiger partial charge is 0.338 e. The molecule has 1 aliphatic rings. The van der Waals surface area contributed by atoms with Crippen molar-refractivity contribution in [1.29, 1.82) is 0 Å². The second-order valence-electron chi connectivity index (χ2n) is 7.94. The zero-order valence-electron chi connectivity index (χ0n) is 17.6. The molecule has 1 aliphatic carbocycles. The van der Waals surface area contributed by atoms with E-state index in [2.05, 4.69) is 51.6 Å². The maximum absolute atomic E-state index is 13.2. The van der Waals surface area contributed by atoms with Crippen molar-refractivity contribution in [2.24, 2.45) is 5.92 Å². The Balaban J connectivity index is 1.81. The summed E-state index contributed by atoms with van der Waals surface area (Å²) in [4.78, 5) is 27.0. The molecule has 0 heterocycles. The second kappa shape index (κ2) is 8.64. The first-order valence-corrected chi connectivity index (χ1v) is 10.1. The molecule has 0 saturated carbocycles. The second-order valence-corrected chi connectivity index (χ2v) is 7.94. The molecule has 0 N–H and O–H groups in total. The van der Waals surface area contributed by atoms with Crippen molar-refractivity contribution in [2.45, 2.75) is 38.6 Å². The molecule has 0 bridgehead atoms. The van der Waals surface area contributed by atoms with E-state index in [9.17, 15) is 9.59 Å². The number of fused-ring (bicyclic) bond motifs is 1. The third-order valence-electron chi connectivity index (χ3n) is 6.28. The van der Waals surface area contributed by atoms with Crippen molar-refractivity contribution < 1.29 is 14.3 Å². The van der Waals surface area contributed by atoms with Gasteiger partial charge in [0, 0.05) is 24.6 Å². The Labute approximate surface area is 173 Å². The minimum absolute atomic E-state index is 0.0358. The Morgan fingerprint density at radius 3 is 2.10 bits per heavy atom. The number of esters is 1. The van der Waals surface area contributed by atoms with Crippen LogP contribution in [0.1, 0.15) is 64.4 Å².